The minimum Gasteiger partial charge on any atom is -0.348 e. The van der Waals surface area contributed by atoms with Crippen molar-refractivity contribution in [2.24, 2.45) is 7.05 Å². The maximum Gasteiger partial charge on any atom is 0.319 e. The first-order valence-electron chi connectivity index (χ1n) is 13.8. The van der Waals surface area contributed by atoms with Gasteiger partial charge in [0.05, 0.1) is 0 Å². The summed E-state index contributed by atoms with van der Waals surface area (Å²) in [5.74, 6) is 0.218. The first-order valence-corrected chi connectivity index (χ1v) is 13.8. The number of urea groups is 1. The average molecular weight is 555 g/mol. The number of carbonyl (C=O) groups excluding carboxylic acids is 2. The Morgan fingerprint density at radius 3 is 2.44 bits per heavy atom. The van der Waals surface area contributed by atoms with Gasteiger partial charge >= 0.3 is 6.03 Å². The van der Waals surface area contributed by atoms with E-state index >= 15 is 0 Å². The van der Waals surface area contributed by atoms with Crippen LogP contribution in [0.5, 0.6) is 0 Å². The van der Waals surface area contributed by atoms with Gasteiger partial charge in [0.25, 0.3) is 5.91 Å². The number of aromatic nitrogens is 4. The molecule has 41 heavy (non-hydrogen) atoms. The van der Waals surface area contributed by atoms with Crippen molar-refractivity contribution < 1.29 is 9.59 Å². The highest BCUT2D eigenvalue weighted by molar-refractivity contribution is 5.98. The van der Waals surface area contributed by atoms with Crippen molar-refractivity contribution in [1.29, 1.82) is 0 Å². The minimum atomic E-state index is -0.336. The molecule has 0 spiro atoms. The Bertz CT molecular complexity index is 1470. The molecule has 0 fully saturated rings. The summed E-state index contributed by atoms with van der Waals surface area (Å²) in [7, 11) is 3.83. The molecular formula is C31H38N8O2. The number of anilines is 1. The summed E-state index contributed by atoms with van der Waals surface area (Å²) >= 11 is 0. The lowest BCUT2D eigenvalue weighted by Crippen LogP contribution is -2.30. The van der Waals surface area contributed by atoms with Gasteiger partial charge in [-0.3, -0.25) is 4.79 Å². The summed E-state index contributed by atoms with van der Waals surface area (Å²) in [4.78, 5) is 28.0. The molecular weight excluding hydrogens is 516 g/mol. The van der Waals surface area contributed by atoms with Crippen molar-refractivity contribution in [2.75, 3.05) is 25.5 Å². The van der Waals surface area contributed by atoms with Crippen LogP contribution in [0.3, 0.4) is 0 Å². The van der Waals surface area contributed by atoms with Gasteiger partial charge in [-0.05, 0) is 91.2 Å². The number of unbranched alkanes of at least 4 members (excludes halogenated alkanes) is 1. The molecule has 3 N–H and O–H groups in total. The van der Waals surface area contributed by atoms with E-state index in [4.69, 9.17) is 0 Å². The monoisotopic (exact) mass is 554 g/mol. The standard InChI is InChI=1S/C31H38N8O2/c1-22-12-13-25(16-23(22)2)21-38(3)15-9-8-14-32-31(41)34-28-18-26(29-35-36-37-39(29)4)17-27(19-28)30(40)33-20-24-10-6-5-7-11-24/h5-7,10-13,16-19H,8-9,14-15,20-21H2,1-4H3,(H,33,40)(H2,32,34,41). The Morgan fingerprint density at radius 2 is 1.71 bits per heavy atom. The van der Waals surface area contributed by atoms with Gasteiger partial charge in [0.15, 0.2) is 5.82 Å². The molecule has 0 radical (unpaired) electrons. The van der Waals surface area contributed by atoms with E-state index in [1.54, 1.807) is 25.2 Å². The van der Waals surface area contributed by atoms with Gasteiger partial charge in [0.1, 0.15) is 0 Å². The van der Waals surface area contributed by atoms with E-state index in [1.165, 1.54) is 21.4 Å². The van der Waals surface area contributed by atoms with Crippen LogP contribution in [0.4, 0.5) is 10.5 Å². The molecule has 10 heteroatoms. The van der Waals surface area contributed by atoms with E-state index in [0.717, 1.165) is 31.5 Å². The maximum atomic E-state index is 13.0. The van der Waals surface area contributed by atoms with E-state index in [9.17, 15) is 9.59 Å². The number of hydrogen-bond donors (Lipinski definition) is 3. The highest BCUT2D eigenvalue weighted by atomic mass is 16.2. The molecule has 0 bridgehead atoms. The molecule has 1 aromatic heterocycles. The van der Waals surface area contributed by atoms with Crippen LogP contribution in [0.1, 0.15) is 45.5 Å². The molecule has 214 valence electrons. The molecule has 0 aliphatic carbocycles. The molecule has 3 aromatic carbocycles. The molecule has 3 amide bonds. The van der Waals surface area contributed by atoms with E-state index in [-0.39, 0.29) is 11.9 Å². The van der Waals surface area contributed by atoms with Gasteiger partial charge in [-0.25, -0.2) is 9.48 Å². The Hall–Kier alpha value is -4.57. The van der Waals surface area contributed by atoms with Crippen LogP contribution in [0.15, 0.2) is 66.7 Å². The number of rotatable bonds is 12. The van der Waals surface area contributed by atoms with Crippen LogP contribution in [-0.2, 0) is 20.1 Å². The lowest BCUT2D eigenvalue weighted by atomic mass is 10.1. The maximum absolute atomic E-state index is 13.0. The van der Waals surface area contributed by atoms with Crippen molar-refractivity contribution >= 4 is 17.6 Å². The van der Waals surface area contributed by atoms with Crippen LogP contribution in [-0.4, -0.2) is 57.2 Å². The molecule has 0 saturated heterocycles. The normalized spacial score (nSPS) is 11.0. The second-order valence-corrected chi connectivity index (χ2v) is 10.3. The van der Waals surface area contributed by atoms with E-state index < -0.39 is 0 Å². The number of hydrogen-bond acceptors (Lipinski definition) is 6. The second-order valence-electron chi connectivity index (χ2n) is 10.3. The highest BCUT2D eigenvalue weighted by Gasteiger charge is 2.15. The first kappa shape index (κ1) is 29.4. The smallest absolute Gasteiger partial charge is 0.319 e. The van der Waals surface area contributed by atoms with Gasteiger partial charge in [-0.2, -0.15) is 0 Å². The van der Waals surface area contributed by atoms with Gasteiger partial charge < -0.3 is 20.9 Å². The van der Waals surface area contributed by atoms with Crippen molar-refractivity contribution in [3.8, 4) is 11.4 Å². The number of carbonyl (C=O) groups is 2. The summed E-state index contributed by atoms with van der Waals surface area (Å²) in [5, 5.41) is 20.3. The Kier molecular flexibility index (Phi) is 10.2. The first-order chi connectivity index (χ1) is 19.8. The summed E-state index contributed by atoms with van der Waals surface area (Å²) in [5.41, 5.74) is 6.39. The predicted octanol–water partition coefficient (Wildman–Crippen LogP) is 4.46. The molecule has 0 atom stereocenters. The SMILES string of the molecule is Cc1ccc(CN(C)CCCCNC(=O)Nc2cc(C(=O)NCc3ccccc3)cc(-c3nnnn3C)c2)cc1C. The van der Waals surface area contributed by atoms with Crippen molar-refractivity contribution in [2.45, 2.75) is 39.8 Å². The molecule has 1 heterocycles. The lowest BCUT2D eigenvalue weighted by Gasteiger charge is -2.17. The molecule has 0 unspecified atom stereocenters. The number of aryl methyl sites for hydroxylation is 3. The van der Waals surface area contributed by atoms with Gasteiger partial charge in [0, 0.05) is 43.5 Å². The Morgan fingerprint density at radius 1 is 0.902 bits per heavy atom. The van der Waals surface area contributed by atoms with E-state index in [1.807, 2.05) is 30.3 Å². The molecule has 4 aromatic rings. The fourth-order valence-corrected chi connectivity index (χ4v) is 4.49. The Labute approximate surface area is 241 Å². The zero-order chi connectivity index (χ0) is 29.2. The molecule has 0 aliphatic rings. The third kappa shape index (κ3) is 8.71. The topological polar surface area (TPSA) is 117 Å². The fraction of sp³-hybridized carbons (Fsp3) is 0.323. The largest absolute Gasteiger partial charge is 0.348 e. The molecule has 0 aliphatic heterocycles. The Balaban J connectivity index is 1.30. The van der Waals surface area contributed by atoms with Crippen LogP contribution in [0.2, 0.25) is 0 Å². The number of benzene rings is 3. The molecule has 10 nitrogen and oxygen atoms in total. The van der Waals surface area contributed by atoms with Crippen LogP contribution in [0, 0.1) is 13.8 Å². The summed E-state index contributed by atoms with van der Waals surface area (Å²) in [6.45, 7) is 7.03. The molecule has 4 rings (SSSR count). The average Bonchev–Trinajstić information content (AvgIpc) is 3.39. The van der Waals surface area contributed by atoms with Gasteiger partial charge in [-0.1, -0.05) is 48.5 Å². The number of amides is 3. The van der Waals surface area contributed by atoms with E-state index in [2.05, 4.69) is 75.5 Å². The summed E-state index contributed by atoms with van der Waals surface area (Å²) in [6, 6.07) is 21.0. The zero-order valence-electron chi connectivity index (χ0n) is 24.1. The van der Waals surface area contributed by atoms with Gasteiger partial charge in [-0.15, -0.1) is 5.10 Å². The number of nitrogens with one attached hydrogen (secondary N) is 3. The second kappa shape index (κ2) is 14.2. The van der Waals surface area contributed by atoms with E-state index in [0.29, 0.717) is 35.7 Å². The predicted molar refractivity (Wildman–Crippen MR) is 160 cm³/mol. The van der Waals surface area contributed by atoms with Crippen molar-refractivity contribution in [3.05, 3.63) is 94.5 Å². The van der Waals surface area contributed by atoms with Crippen LogP contribution in [0.25, 0.3) is 11.4 Å². The van der Waals surface area contributed by atoms with Crippen molar-refractivity contribution in [3.63, 3.8) is 0 Å². The number of nitrogens with zero attached hydrogens (tertiary/aromatic N) is 5. The van der Waals surface area contributed by atoms with Crippen LogP contribution >= 0.6 is 0 Å². The third-order valence-corrected chi connectivity index (χ3v) is 6.90. The fourth-order valence-electron chi connectivity index (χ4n) is 4.49. The minimum absolute atomic E-state index is 0.265. The van der Waals surface area contributed by atoms with Crippen molar-refractivity contribution in [1.82, 2.24) is 35.7 Å². The third-order valence-electron chi connectivity index (χ3n) is 6.90. The van der Waals surface area contributed by atoms with Gasteiger partial charge in [0.2, 0.25) is 0 Å². The zero-order valence-corrected chi connectivity index (χ0v) is 24.1. The quantitative estimate of drug-likeness (QED) is 0.223. The summed E-state index contributed by atoms with van der Waals surface area (Å²) < 4.78 is 1.52. The highest BCUT2D eigenvalue weighted by Crippen LogP contribution is 2.23. The van der Waals surface area contributed by atoms with Crippen LogP contribution < -0.4 is 16.0 Å². The molecule has 0 saturated carbocycles. The summed E-state index contributed by atoms with van der Waals surface area (Å²) in [6.07, 6.45) is 1.81. The lowest BCUT2D eigenvalue weighted by molar-refractivity contribution is 0.0951. The number of tetrazole rings is 1.